The van der Waals surface area contributed by atoms with Gasteiger partial charge >= 0.3 is 0 Å². The molecule has 0 aliphatic carbocycles. The Morgan fingerprint density at radius 3 is 2.58 bits per heavy atom. The summed E-state index contributed by atoms with van der Waals surface area (Å²) in [6, 6.07) is 6.59. The van der Waals surface area contributed by atoms with Crippen molar-refractivity contribution in [1.82, 2.24) is 5.32 Å². The van der Waals surface area contributed by atoms with Crippen molar-refractivity contribution in [1.29, 1.82) is 0 Å². The van der Waals surface area contributed by atoms with E-state index in [0.717, 1.165) is 25.4 Å². The number of hydrogen-bond donors (Lipinski definition) is 1. The summed E-state index contributed by atoms with van der Waals surface area (Å²) in [7, 11) is 0. The van der Waals surface area contributed by atoms with Gasteiger partial charge < -0.3 is 10.1 Å². The van der Waals surface area contributed by atoms with E-state index >= 15 is 0 Å². The third kappa shape index (κ3) is 4.70. The Morgan fingerprint density at radius 1 is 1.26 bits per heavy atom. The minimum absolute atomic E-state index is 0. The van der Waals surface area contributed by atoms with Crippen LogP contribution in [0.25, 0.3) is 0 Å². The highest BCUT2D eigenvalue weighted by atomic mass is 35.5. The Balaban J connectivity index is 0.00000180. The van der Waals surface area contributed by atoms with Gasteiger partial charge in [-0.15, -0.1) is 12.4 Å². The fourth-order valence-corrected chi connectivity index (χ4v) is 2.39. The smallest absolute Gasteiger partial charge is 0.122 e. The van der Waals surface area contributed by atoms with Gasteiger partial charge in [0.2, 0.25) is 0 Å². The summed E-state index contributed by atoms with van der Waals surface area (Å²) >= 11 is 0. The molecule has 1 aromatic carbocycles. The van der Waals surface area contributed by atoms with Crippen molar-refractivity contribution in [2.75, 3.05) is 19.7 Å². The molecule has 108 valence electrons. The van der Waals surface area contributed by atoms with E-state index in [2.05, 4.69) is 44.3 Å². The van der Waals surface area contributed by atoms with E-state index < -0.39 is 0 Å². The molecular weight excluding hydrogens is 258 g/mol. The molecule has 0 bridgehead atoms. The lowest BCUT2D eigenvalue weighted by Gasteiger charge is -2.23. The van der Waals surface area contributed by atoms with Crippen LogP contribution in [0.2, 0.25) is 0 Å². The molecule has 19 heavy (non-hydrogen) atoms. The van der Waals surface area contributed by atoms with Gasteiger partial charge in [-0.25, -0.2) is 0 Å². The molecule has 0 amide bonds. The van der Waals surface area contributed by atoms with E-state index in [4.69, 9.17) is 4.74 Å². The molecule has 0 unspecified atom stereocenters. The number of piperidine rings is 1. The van der Waals surface area contributed by atoms with Crippen LogP contribution in [0, 0.1) is 12.8 Å². The van der Waals surface area contributed by atoms with Gasteiger partial charge in [0.1, 0.15) is 5.75 Å². The summed E-state index contributed by atoms with van der Waals surface area (Å²) in [4.78, 5) is 0. The molecule has 2 rings (SSSR count). The predicted octanol–water partition coefficient (Wildman–Crippen LogP) is 3.92. The fourth-order valence-electron chi connectivity index (χ4n) is 2.39. The molecule has 3 heteroatoms. The second-order valence-corrected chi connectivity index (χ2v) is 5.68. The first kappa shape index (κ1) is 16.3. The largest absolute Gasteiger partial charge is 0.493 e. The maximum Gasteiger partial charge on any atom is 0.122 e. The van der Waals surface area contributed by atoms with Crippen molar-refractivity contribution >= 4 is 12.4 Å². The van der Waals surface area contributed by atoms with Crippen molar-refractivity contribution in [3.8, 4) is 5.75 Å². The summed E-state index contributed by atoms with van der Waals surface area (Å²) in [5.41, 5.74) is 2.61. The number of halogens is 1. The van der Waals surface area contributed by atoms with Crippen LogP contribution in [-0.2, 0) is 0 Å². The summed E-state index contributed by atoms with van der Waals surface area (Å²) in [6.07, 6.45) is 2.48. The highest BCUT2D eigenvalue weighted by molar-refractivity contribution is 5.85. The zero-order chi connectivity index (χ0) is 13.0. The van der Waals surface area contributed by atoms with Crippen LogP contribution in [0.15, 0.2) is 18.2 Å². The van der Waals surface area contributed by atoms with Crippen molar-refractivity contribution < 1.29 is 4.74 Å². The molecule has 2 nitrogen and oxygen atoms in total. The highest BCUT2D eigenvalue weighted by Gasteiger charge is 2.14. The Hall–Kier alpha value is -0.730. The van der Waals surface area contributed by atoms with Crippen LogP contribution in [-0.4, -0.2) is 19.7 Å². The maximum absolute atomic E-state index is 6.04. The predicted molar refractivity (Wildman–Crippen MR) is 83.6 cm³/mol. The average Bonchev–Trinajstić information content (AvgIpc) is 2.38. The van der Waals surface area contributed by atoms with Gasteiger partial charge in [-0.2, -0.15) is 0 Å². The number of nitrogens with one attached hydrogen (secondary N) is 1. The van der Waals surface area contributed by atoms with Gasteiger partial charge in [0, 0.05) is 0 Å². The van der Waals surface area contributed by atoms with Crippen LogP contribution in [0.1, 0.15) is 43.7 Å². The van der Waals surface area contributed by atoms with Gasteiger partial charge in [0.15, 0.2) is 0 Å². The lowest BCUT2D eigenvalue weighted by Crippen LogP contribution is -2.30. The van der Waals surface area contributed by atoms with Crippen LogP contribution >= 0.6 is 12.4 Å². The second kappa shape index (κ2) is 7.76. The molecule has 1 aromatic rings. The third-order valence-electron chi connectivity index (χ3n) is 3.81. The average molecular weight is 284 g/mol. The number of ether oxygens (including phenoxy) is 1. The Labute approximate surface area is 123 Å². The van der Waals surface area contributed by atoms with E-state index in [9.17, 15) is 0 Å². The molecule has 1 aliphatic heterocycles. The lowest BCUT2D eigenvalue weighted by atomic mass is 9.99. The van der Waals surface area contributed by atoms with E-state index in [1.807, 2.05) is 0 Å². The minimum atomic E-state index is 0. The molecule has 0 radical (unpaired) electrons. The molecular formula is C16H26ClNO. The highest BCUT2D eigenvalue weighted by Crippen LogP contribution is 2.25. The van der Waals surface area contributed by atoms with Crippen LogP contribution in [0.3, 0.4) is 0 Å². The fraction of sp³-hybridized carbons (Fsp3) is 0.625. The minimum Gasteiger partial charge on any atom is -0.493 e. The molecule has 1 aliphatic rings. The van der Waals surface area contributed by atoms with Gasteiger partial charge in [0.25, 0.3) is 0 Å². The number of rotatable bonds is 4. The lowest BCUT2D eigenvalue weighted by molar-refractivity contribution is 0.214. The molecule has 0 aromatic heterocycles. The van der Waals surface area contributed by atoms with Gasteiger partial charge in [0.05, 0.1) is 6.61 Å². The Kier molecular flexibility index (Phi) is 6.67. The second-order valence-electron chi connectivity index (χ2n) is 5.68. The van der Waals surface area contributed by atoms with Crippen molar-refractivity contribution in [3.63, 3.8) is 0 Å². The van der Waals surface area contributed by atoms with Crippen molar-refractivity contribution in [3.05, 3.63) is 29.3 Å². The first-order valence-electron chi connectivity index (χ1n) is 7.11. The summed E-state index contributed by atoms with van der Waals surface area (Å²) < 4.78 is 6.04. The van der Waals surface area contributed by atoms with Crippen LogP contribution < -0.4 is 10.1 Å². The molecule has 1 saturated heterocycles. The molecule has 0 saturated carbocycles. The molecule has 0 atom stereocenters. The summed E-state index contributed by atoms with van der Waals surface area (Å²) in [5.74, 6) is 2.35. The van der Waals surface area contributed by atoms with E-state index in [1.54, 1.807) is 0 Å². The number of benzene rings is 1. The van der Waals surface area contributed by atoms with Crippen LogP contribution in [0.5, 0.6) is 5.75 Å². The standard InChI is InChI=1S/C16H25NO.ClH/c1-12(2)15-5-4-13(3)16(10-15)18-11-14-6-8-17-9-7-14;/h4-5,10,12,14,17H,6-9,11H2,1-3H3;1H. The summed E-state index contributed by atoms with van der Waals surface area (Å²) in [5, 5.41) is 3.39. The van der Waals surface area contributed by atoms with Gasteiger partial charge in [-0.3, -0.25) is 0 Å². The quantitative estimate of drug-likeness (QED) is 0.904. The van der Waals surface area contributed by atoms with Crippen LogP contribution in [0.4, 0.5) is 0 Å². The number of hydrogen-bond acceptors (Lipinski definition) is 2. The normalized spacial score (nSPS) is 16.2. The molecule has 1 heterocycles. The van der Waals surface area contributed by atoms with E-state index in [1.165, 1.54) is 24.0 Å². The topological polar surface area (TPSA) is 21.3 Å². The number of aryl methyl sites for hydroxylation is 1. The van der Waals surface area contributed by atoms with Crippen molar-refractivity contribution in [2.24, 2.45) is 5.92 Å². The van der Waals surface area contributed by atoms with Crippen molar-refractivity contribution in [2.45, 2.75) is 39.5 Å². The SMILES string of the molecule is Cc1ccc(C(C)C)cc1OCC1CCNCC1.Cl. The Bertz CT molecular complexity index is 386. The first-order valence-corrected chi connectivity index (χ1v) is 7.11. The maximum atomic E-state index is 6.04. The summed E-state index contributed by atoms with van der Waals surface area (Å²) in [6.45, 7) is 9.71. The molecule has 1 fully saturated rings. The third-order valence-corrected chi connectivity index (χ3v) is 3.81. The van der Waals surface area contributed by atoms with E-state index in [0.29, 0.717) is 11.8 Å². The first-order chi connectivity index (χ1) is 8.66. The monoisotopic (exact) mass is 283 g/mol. The zero-order valence-corrected chi connectivity index (χ0v) is 13.1. The molecule has 1 N–H and O–H groups in total. The Morgan fingerprint density at radius 2 is 1.95 bits per heavy atom. The van der Waals surface area contributed by atoms with Gasteiger partial charge in [-0.05, 0) is 61.9 Å². The zero-order valence-electron chi connectivity index (χ0n) is 12.2. The van der Waals surface area contributed by atoms with E-state index in [-0.39, 0.29) is 12.4 Å². The molecule has 0 spiro atoms. The van der Waals surface area contributed by atoms with Gasteiger partial charge in [-0.1, -0.05) is 26.0 Å².